The lowest BCUT2D eigenvalue weighted by atomic mass is 10.0. The fraction of sp³-hybridized carbons (Fsp3) is 0.650. The van der Waals surface area contributed by atoms with Crippen molar-refractivity contribution < 1.29 is 14.6 Å². The van der Waals surface area contributed by atoms with Crippen molar-refractivity contribution in [2.45, 2.75) is 63.6 Å². The van der Waals surface area contributed by atoms with Crippen molar-refractivity contribution in [3.8, 4) is 5.75 Å². The summed E-state index contributed by atoms with van der Waals surface area (Å²) in [5, 5.41) is 12.4. The van der Waals surface area contributed by atoms with Crippen LogP contribution in [-0.4, -0.2) is 53.8 Å². The number of piperidine rings is 1. The molecule has 2 N–H and O–H groups in total. The molecular formula is C20H29ClN2O3. The van der Waals surface area contributed by atoms with Crippen molar-refractivity contribution >= 4 is 17.5 Å². The second kappa shape index (κ2) is 9.07. The van der Waals surface area contributed by atoms with Crippen LogP contribution in [0.5, 0.6) is 5.75 Å². The van der Waals surface area contributed by atoms with Gasteiger partial charge < -0.3 is 20.1 Å². The van der Waals surface area contributed by atoms with Gasteiger partial charge in [-0.2, -0.15) is 0 Å². The molecule has 0 bridgehead atoms. The lowest BCUT2D eigenvalue weighted by Crippen LogP contribution is -2.43. The molecule has 1 aromatic rings. The molecule has 3 rings (SSSR count). The first-order chi connectivity index (χ1) is 12.6. The highest BCUT2D eigenvalue weighted by Crippen LogP contribution is 2.29. The smallest absolute Gasteiger partial charge is 0.255 e. The number of rotatable bonds is 6. The number of ether oxygens (including phenoxy) is 1. The van der Waals surface area contributed by atoms with E-state index < -0.39 is 0 Å². The molecule has 6 heteroatoms. The minimum Gasteiger partial charge on any atom is -0.489 e. The number of aliphatic hydroxyl groups is 1. The van der Waals surface area contributed by atoms with Gasteiger partial charge in [0.1, 0.15) is 11.9 Å². The summed E-state index contributed by atoms with van der Waals surface area (Å²) in [6.45, 7) is 3.77. The van der Waals surface area contributed by atoms with Gasteiger partial charge >= 0.3 is 0 Å². The Kier molecular flexibility index (Phi) is 6.79. The van der Waals surface area contributed by atoms with Gasteiger partial charge in [-0.3, -0.25) is 4.79 Å². The van der Waals surface area contributed by atoms with E-state index in [9.17, 15) is 4.79 Å². The minimum absolute atomic E-state index is 0.109. The Hall–Kier alpha value is -1.30. The van der Waals surface area contributed by atoms with Gasteiger partial charge in [0.2, 0.25) is 0 Å². The van der Waals surface area contributed by atoms with Crippen LogP contribution in [0, 0.1) is 0 Å². The average molecular weight is 381 g/mol. The molecular weight excluding hydrogens is 352 g/mol. The van der Waals surface area contributed by atoms with Crippen molar-refractivity contribution in [2.75, 3.05) is 19.7 Å². The van der Waals surface area contributed by atoms with Crippen LogP contribution in [0.1, 0.15) is 55.8 Å². The van der Waals surface area contributed by atoms with Crippen LogP contribution in [0.4, 0.5) is 0 Å². The number of halogens is 1. The second-order valence-electron chi connectivity index (χ2n) is 7.49. The van der Waals surface area contributed by atoms with E-state index in [0.29, 0.717) is 16.3 Å². The Morgan fingerprint density at radius 2 is 2.00 bits per heavy atom. The zero-order valence-electron chi connectivity index (χ0n) is 15.4. The first kappa shape index (κ1) is 19.5. The van der Waals surface area contributed by atoms with Crippen LogP contribution in [0.3, 0.4) is 0 Å². The normalized spacial score (nSPS) is 20.9. The molecule has 0 radical (unpaired) electrons. The maximum absolute atomic E-state index is 12.5. The van der Waals surface area contributed by atoms with Crippen LogP contribution in [0.15, 0.2) is 18.2 Å². The Bertz CT molecular complexity index is 611. The van der Waals surface area contributed by atoms with E-state index >= 15 is 0 Å². The van der Waals surface area contributed by atoms with E-state index in [2.05, 4.69) is 10.2 Å². The van der Waals surface area contributed by atoms with E-state index in [0.717, 1.165) is 32.0 Å². The topological polar surface area (TPSA) is 61.8 Å². The third-order valence-corrected chi connectivity index (χ3v) is 5.68. The number of hydrogen-bond acceptors (Lipinski definition) is 4. The van der Waals surface area contributed by atoms with Gasteiger partial charge in [0, 0.05) is 30.2 Å². The highest BCUT2D eigenvalue weighted by atomic mass is 35.5. The molecule has 0 spiro atoms. The Morgan fingerprint density at radius 3 is 2.65 bits per heavy atom. The zero-order valence-corrected chi connectivity index (χ0v) is 16.2. The number of nitrogens with zero attached hydrogens (tertiary/aromatic N) is 1. The minimum atomic E-state index is -0.316. The van der Waals surface area contributed by atoms with E-state index in [1.54, 1.807) is 25.1 Å². The summed E-state index contributed by atoms with van der Waals surface area (Å²) in [6.07, 6.45) is 7.45. The van der Waals surface area contributed by atoms with Gasteiger partial charge in [0.15, 0.2) is 0 Å². The number of carbonyl (C=O) groups excluding carboxylic acids is 1. The predicted molar refractivity (Wildman–Crippen MR) is 103 cm³/mol. The standard InChI is InChI=1S/C20H29ClN2O3/c1-14(13-24)22-20(25)18-12-15(21)6-7-19(18)26-17-8-10-23(11-9-17)16-4-2-3-5-16/h6-7,12,14,16-17,24H,2-5,8-11,13H2,1H3,(H,22,25)/t14-/m0/s1. The van der Waals surface area contributed by atoms with E-state index in [-0.39, 0.29) is 24.7 Å². The molecule has 1 aliphatic heterocycles. The fourth-order valence-corrected chi connectivity index (χ4v) is 4.11. The lowest BCUT2D eigenvalue weighted by Gasteiger charge is -2.36. The maximum Gasteiger partial charge on any atom is 0.255 e. The molecule has 1 atom stereocenters. The average Bonchev–Trinajstić information content (AvgIpc) is 3.18. The van der Waals surface area contributed by atoms with Crippen LogP contribution in [0.2, 0.25) is 5.02 Å². The van der Waals surface area contributed by atoms with Gasteiger partial charge in [0.05, 0.1) is 12.2 Å². The van der Waals surface area contributed by atoms with Crippen molar-refractivity contribution in [3.63, 3.8) is 0 Å². The first-order valence-corrected chi connectivity index (χ1v) is 10.1. The van der Waals surface area contributed by atoms with Gasteiger partial charge in [-0.1, -0.05) is 24.4 Å². The van der Waals surface area contributed by atoms with Gasteiger partial charge in [-0.15, -0.1) is 0 Å². The van der Waals surface area contributed by atoms with E-state index in [4.69, 9.17) is 21.4 Å². The van der Waals surface area contributed by atoms with Crippen LogP contribution >= 0.6 is 11.6 Å². The quantitative estimate of drug-likeness (QED) is 0.795. The number of aliphatic hydroxyl groups excluding tert-OH is 1. The largest absolute Gasteiger partial charge is 0.489 e. The SMILES string of the molecule is C[C@@H](CO)NC(=O)c1cc(Cl)ccc1OC1CCN(C2CCCC2)CC1. The van der Waals surface area contributed by atoms with Crippen molar-refractivity contribution in [2.24, 2.45) is 0 Å². The summed E-state index contributed by atoms with van der Waals surface area (Å²) in [7, 11) is 0. The summed E-state index contributed by atoms with van der Waals surface area (Å²) in [5.41, 5.74) is 0.427. The number of likely N-dealkylation sites (tertiary alicyclic amines) is 1. The third-order valence-electron chi connectivity index (χ3n) is 5.45. The molecule has 1 amide bonds. The molecule has 2 aliphatic rings. The molecule has 26 heavy (non-hydrogen) atoms. The predicted octanol–water partition coefficient (Wildman–Crippen LogP) is 3.24. The van der Waals surface area contributed by atoms with E-state index in [1.807, 2.05) is 0 Å². The van der Waals surface area contributed by atoms with Crippen molar-refractivity contribution in [1.82, 2.24) is 10.2 Å². The highest BCUT2D eigenvalue weighted by molar-refractivity contribution is 6.31. The molecule has 2 fully saturated rings. The summed E-state index contributed by atoms with van der Waals surface area (Å²) >= 11 is 6.07. The molecule has 0 unspecified atom stereocenters. The van der Waals surface area contributed by atoms with Crippen molar-refractivity contribution in [3.05, 3.63) is 28.8 Å². The highest BCUT2D eigenvalue weighted by Gasteiger charge is 2.28. The Morgan fingerprint density at radius 1 is 1.31 bits per heavy atom. The first-order valence-electron chi connectivity index (χ1n) is 9.69. The summed E-state index contributed by atoms with van der Waals surface area (Å²) in [6, 6.07) is 5.59. The lowest BCUT2D eigenvalue weighted by molar-refractivity contribution is 0.0747. The summed E-state index contributed by atoms with van der Waals surface area (Å²) in [4.78, 5) is 15.1. The van der Waals surface area contributed by atoms with Gasteiger partial charge in [-0.05, 0) is 50.8 Å². The molecule has 1 aliphatic carbocycles. The number of amides is 1. The number of carbonyl (C=O) groups is 1. The number of nitrogens with one attached hydrogen (secondary N) is 1. The molecule has 1 heterocycles. The zero-order chi connectivity index (χ0) is 18.5. The monoisotopic (exact) mass is 380 g/mol. The van der Waals surface area contributed by atoms with Crippen LogP contribution < -0.4 is 10.1 Å². The molecule has 1 saturated carbocycles. The molecule has 144 valence electrons. The maximum atomic E-state index is 12.5. The second-order valence-corrected chi connectivity index (χ2v) is 7.93. The molecule has 1 aromatic carbocycles. The number of benzene rings is 1. The molecule has 0 aromatic heterocycles. The fourth-order valence-electron chi connectivity index (χ4n) is 3.94. The summed E-state index contributed by atoms with van der Waals surface area (Å²) in [5.74, 6) is 0.295. The third kappa shape index (κ3) is 4.90. The van der Waals surface area contributed by atoms with Gasteiger partial charge in [0.25, 0.3) is 5.91 Å². The molecule has 5 nitrogen and oxygen atoms in total. The van der Waals surface area contributed by atoms with Crippen molar-refractivity contribution in [1.29, 1.82) is 0 Å². The van der Waals surface area contributed by atoms with Gasteiger partial charge in [-0.25, -0.2) is 0 Å². The Labute approximate surface area is 160 Å². The Balaban J connectivity index is 1.61. The van der Waals surface area contributed by atoms with Crippen LogP contribution in [-0.2, 0) is 0 Å². The van der Waals surface area contributed by atoms with E-state index in [1.165, 1.54) is 25.7 Å². The summed E-state index contributed by atoms with van der Waals surface area (Å²) < 4.78 is 6.18. The molecule has 1 saturated heterocycles. The number of hydrogen-bond donors (Lipinski definition) is 2. The van der Waals surface area contributed by atoms with Crippen LogP contribution in [0.25, 0.3) is 0 Å².